The summed E-state index contributed by atoms with van der Waals surface area (Å²) < 4.78 is 49.5. The van der Waals surface area contributed by atoms with E-state index in [4.69, 9.17) is 21.7 Å². The Kier molecular flexibility index (Phi) is 40.8. The second kappa shape index (κ2) is 46.2. The van der Waals surface area contributed by atoms with E-state index in [9.17, 15) is 33.3 Å². The van der Waals surface area contributed by atoms with Crippen LogP contribution in [0, 0.1) is 10.8 Å². The van der Waals surface area contributed by atoms with Gasteiger partial charge in [-0.25, -0.2) is 0 Å². The van der Waals surface area contributed by atoms with Gasteiger partial charge in [-0.2, -0.15) is 18.5 Å². The summed E-state index contributed by atoms with van der Waals surface area (Å²) in [5.74, 6) is -2.44. The molecular formula is C91H150N2O11S4. The van der Waals surface area contributed by atoms with Gasteiger partial charge < -0.3 is 25.0 Å². The van der Waals surface area contributed by atoms with Crippen LogP contribution in [0.15, 0.2) is 77.7 Å². The summed E-state index contributed by atoms with van der Waals surface area (Å²) in [6.45, 7) is 29.8. The molecule has 5 unspecified atom stereocenters. The molecule has 0 saturated carbocycles. The molecule has 3 aromatic carbocycles. The molecule has 5 rings (SSSR count). The van der Waals surface area contributed by atoms with E-state index in [1.165, 1.54) is 199 Å². The standard InChI is InChI=1S/C91H150N2O11S4/c1-16-19-22-25-28-31-34-37-40-43-46-70-48-52-72(53-49-70)76(65-91(15,83(97)104-79-68-88(10,11)93(99)89(12,13)69-79)107-84(105)106-60-45-42-39-36-33-30-27-24-21-18-3)61-75(73-56-58-80(59-57-73)108(100,101)102)63-90(14,82(96)103-78-66-86(6,7)92(98)87(8,9)67-78)64-77(62-85(4,5)81(94)95)74-54-50-71(51-55-74)47-44-41-38-35-32-29-26-23-20-17-2/h48-59,75-79,98-99H,16-47,60-69H2,1-15H3,(H,94,95)(H,100,101,102). The van der Waals surface area contributed by atoms with E-state index < -0.39 is 95.7 Å². The number of carboxylic acids is 1. The smallest absolute Gasteiger partial charge is 0.322 e. The van der Waals surface area contributed by atoms with E-state index in [1.54, 1.807) is 37.7 Å². The maximum atomic E-state index is 16.3. The summed E-state index contributed by atoms with van der Waals surface area (Å²) in [4.78, 5) is 45.4. The molecule has 0 aliphatic carbocycles. The fourth-order valence-corrected chi connectivity index (χ4v) is 21.1. The molecule has 614 valence electrons. The van der Waals surface area contributed by atoms with Crippen LogP contribution in [0.3, 0.4) is 0 Å². The number of aliphatic carboxylic acids is 1. The molecule has 5 atom stereocenters. The van der Waals surface area contributed by atoms with Gasteiger partial charge in [0.2, 0.25) is 0 Å². The summed E-state index contributed by atoms with van der Waals surface area (Å²) in [6, 6.07) is 23.7. The molecule has 2 aliphatic rings. The number of esters is 2. The maximum Gasteiger partial charge on any atom is 0.322 e. The number of benzene rings is 3. The van der Waals surface area contributed by atoms with Gasteiger partial charge in [0.05, 0.1) is 15.7 Å². The molecule has 2 fully saturated rings. The van der Waals surface area contributed by atoms with Gasteiger partial charge in [-0.15, -0.1) is 11.8 Å². The molecule has 0 amide bonds. The molecule has 2 aliphatic heterocycles. The Morgan fingerprint density at radius 3 is 1.15 bits per heavy atom. The number of carbonyl (C=O) groups is 3. The lowest BCUT2D eigenvalue weighted by Gasteiger charge is -2.51. The number of piperidine rings is 2. The molecule has 3 aromatic rings. The largest absolute Gasteiger partial charge is 0.481 e. The average molecular weight is 1580 g/mol. The van der Waals surface area contributed by atoms with E-state index in [0.29, 0.717) is 41.2 Å². The first-order valence-corrected chi connectivity index (χ1v) is 46.3. The molecule has 0 aromatic heterocycles. The van der Waals surface area contributed by atoms with Crippen molar-refractivity contribution in [3.63, 3.8) is 0 Å². The Morgan fingerprint density at radius 1 is 0.472 bits per heavy atom. The fraction of sp³-hybridized carbons (Fsp3) is 0.758. The van der Waals surface area contributed by atoms with Crippen molar-refractivity contribution < 1.29 is 52.3 Å². The van der Waals surface area contributed by atoms with E-state index in [0.717, 1.165) is 68.2 Å². The Hall–Kier alpha value is -3.39. The predicted octanol–water partition coefficient (Wildman–Crippen LogP) is 25.9. The minimum Gasteiger partial charge on any atom is -0.481 e. The summed E-state index contributed by atoms with van der Waals surface area (Å²) in [5, 5.41) is 36.8. The average Bonchev–Trinajstić information content (AvgIpc) is 0.777. The Morgan fingerprint density at radius 2 is 0.787 bits per heavy atom. The van der Waals surface area contributed by atoms with Crippen LogP contribution >= 0.6 is 35.7 Å². The molecule has 2 saturated heterocycles. The van der Waals surface area contributed by atoms with Gasteiger partial charge in [-0.05, 0) is 211 Å². The van der Waals surface area contributed by atoms with E-state index in [1.807, 2.05) is 69.2 Å². The summed E-state index contributed by atoms with van der Waals surface area (Å²) in [6.07, 6.45) is 40.4. The van der Waals surface area contributed by atoms with E-state index in [2.05, 4.69) is 69.3 Å². The van der Waals surface area contributed by atoms with E-state index >= 15 is 9.59 Å². The highest BCUT2D eigenvalue weighted by atomic mass is 32.2. The first kappa shape index (κ1) is 95.2. The van der Waals surface area contributed by atoms with Crippen LogP contribution in [0.4, 0.5) is 0 Å². The van der Waals surface area contributed by atoms with Crippen molar-refractivity contribution in [2.24, 2.45) is 10.8 Å². The number of hydroxylamine groups is 4. The number of ether oxygens (including phenoxy) is 2. The first-order chi connectivity index (χ1) is 50.9. The molecule has 0 radical (unpaired) electrons. The Balaban J connectivity index is 1.66. The predicted molar refractivity (Wildman–Crippen MR) is 456 cm³/mol. The zero-order chi connectivity index (χ0) is 79.8. The molecular weight excluding hydrogens is 1430 g/mol. The Labute approximate surface area is 671 Å². The van der Waals surface area contributed by atoms with Crippen molar-refractivity contribution in [3.8, 4) is 0 Å². The lowest BCUT2D eigenvalue weighted by molar-refractivity contribution is -0.260. The second-order valence-electron chi connectivity index (χ2n) is 36.6. The first-order valence-electron chi connectivity index (χ1n) is 42.7. The number of thiocarbonyl (C=S) groups is 1. The molecule has 4 N–H and O–H groups in total. The summed E-state index contributed by atoms with van der Waals surface area (Å²) in [7, 11) is -4.63. The van der Waals surface area contributed by atoms with Gasteiger partial charge in [0, 0.05) is 47.8 Å². The van der Waals surface area contributed by atoms with Crippen LogP contribution < -0.4 is 0 Å². The number of hydrogen-bond acceptors (Lipinski definition) is 14. The topological polar surface area (TPSA) is 191 Å². The third kappa shape index (κ3) is 32.5. The van der Waals surface area contributed by atoms with Gasteiger partial charge in [-0.3, -0.25) is 18.9 Å². The van der Waals surface area contributed by atoms with Crippen LogP contribution in [0.1, 0.15) is 400 Å². The molecule has 0 spiro atoms. The number of thioether (sulfide) groups is 2. The fourth-order valence-electron chi connectivity index (χ4n) is 17.5. The minimum atomic E-state index is -4.63. The van der Waals surface area contributed by atoms with Gasteiger partial charge in [0.15, 0.2) is 0 Å². The molecule has 17 heteroatoms. The highest BCUT2D eigenvalue weighted by Gasteiger charge is 2.52. The maximum absolute atomic E-state index is 16.3. The van der Waals surface area contributed by atoms with Crippen LogP contribution in [0.25, 0.3) is 0 Å². The number of unbranched alkanes of at least 4 members (excludes halogenated alkanes) is 27. The quantitative estimate of drug-likeness (QED) is 0.0180. The number of hydrogen-bond donors (Lipinski definition) is 4. The van der Waals surface area contributed by atoms with Crippen LogP contribution in [0.5, 0.6) is 0 Å². The van der Waals surface area contributed by atoms with Gasteiger partial charge in [0.25, 0.3) is 10.1 Å². The Bertz CT molecular complexity index is 3190. The van der Waals surface area contributed by atoms with Crippen molar-refractivity contribution in [1.29, 1.82) is 0 Å². The normalized spacial score (nSPS) is 18.4. The zero-order valence-electron chi connectivity index (χ0n) is 70.2. The van der Waals surface area contributed by atoms with Crippen LogP contribution in [-0.4, -0.2) is 105 Å². The monoisotopic (exact) mass is 1580 g/mol. The lowest BCUT2D eigenvalue weighted by Crippen LogP contribution is -2.61. The molecule has 108 heavy (non-hydrogen) atoms. The van der Waals surface area contributed by atoms with Crippen molar-refractivity contribution >= 4 is 67.3 Å². The van der Waals surface area contributed by atoms with Gasteiger partial charge >= 0.3 is 17.9 Å². The number of nitrogens with zero attached hydrogens (tertiary/aromatic N) is 2. The van der Waals surface area contributed by atoms with Crippen LogP contribution in [-0.2, 0) is 46.8 Å². The minimum absolute atomic E-state index is 0.155. The highest BCUT2D eigenvalue weighted by molar-refractivity contribution is 8.47. The number of carboxylic acid groups (broad SMARTS) is 1. The highest BCUT2D eigenvalue weighted by Crippen LogP contribution is 2.52. The number of carbonyl (C=O) groups excluding carboxylic acids is 2. The SMILES string of the molecule is CCCCCCCCCCCCSC(=S)SC(C)(CC(CC(CC(C)(CC(CC(C)(C)C(=O)O)c1ccc(CCCCCCCCCCCC)cc1)C(=O)OC1CC(C)(C)N(O)C(C)(C)C1)c1ccc(S(=O)(=O)O)cc1)c1ccc(CCCCCCCCCCCC)cc1)C(=O)OC1CC(C)(C)N(O)C(C)(C)C1. The van der Waals surface area contributed by atoms with Crippen molar-refractivity contribution in [3.05, 3.63) is 101 Å². The third-order valence-corrected chi connectivity index (χ3v) is 27.6. The van der Waals surface area contributed by atoms with Crippen molar-refractivity contribution in [1.82, 2.24) is 10.1 Å². The summed E-state index contributed by atoms with van der Waals surface area (Å²) >= 11 is 9.37. The third-order valence-electron chi connectivity index (χ3n) is 23.8. The van der Waals surface area contributed by atoms with Gasteiger partial charge in [-0.1, -0.05) is 279 Å². The number of aryl methyl sites for hydroxylation is 2. The van der Waals surface area contributed by atoms with Crippen molar-refractivity contribution in [2.45, 2.75) is 429 Å². The van der Waals surface area contributed by atoms with Crippen LogP contribution in [0.2, 0.25) is 0 Å². The van der Waals surface area contributed by atoms with Gasteiger partial charge in [0.1, 0.15) is 20.5 Å². The lowest BCUT2D eigenvalue weighted by atomic mass is 9.66. The van der Waals surface area contributed by atoms with Crippen molar-refractivity contribution in [2.75, 3.05) is 5.75 Å². The number of rotatable bonds is 53. The molecule has 2 heterocycles. The molecule has 13 nitrogen and oxygen atoms in total. The molecule has 0 bridgehead atoms. The second-order valence-corrected chi connectivity index (χ2v) is 41.9. The van der Waals surface area contributed by atoms with E-state index in [-0.39, 0.29) is 30.6 Å². The summed E-state index contributed by atoms with van der Waals surface area (Å²) in [5.41, 5.74) is -0.498. The zero-order valence-corrected chi connectivity index (χ0v) is 73.5.